The van der Waals surface area contributed by atoms with E-state index in [0.717, 1.165) is 5.52 Å². The molecule has 0 aliphatic carbocycles. The number of nitrogens with zero attached hydrogens (tertiary/aromatic N) is 1. The number of hydrogen-bond donors (Lipinski definition) is 0. The molecule has 0 aliphatic heterocycles. The number of rotatable bonds is 5. The maximum absolute atomic E-state index is 4.57. The Morgan fingerprint density at radius 1 is 1.06 bits per heavy atom. The zero-order chi connectivity index (χ0) is 12.1. The molecular weight excluding hydrogens is 206 g/mol. The third kappa shape index (κ3) is 2.85. The Hall–Kier alpha value is -1.37. The van der Waals surface area contributed by atoms with E-state index in [1.807, 2.05) is 6.07 Å². The summed E-state index contributed by atoms with van der Waals surface area (Å²) in [6, 6.07) is 10.7. The van der Waals surface area contributed by atoms with E-state index in [0.29, 0.717) is 5.92 Å². The van der Waals surface area contributed by atoms with Crippen LogP contribution in [0.1, 0.15) is 51.0 Å². The smallest absolute Gasteiger partial charge is 0.0702 e. The van der Waals surface area contributed by atoms with Crippen LogP contribution in [0.2, 0.25) is 0 Å². The molecular formula is C16H21N. The van der Waals surface area contributed by atoms with E-state index in [1.54, 1.807) is 0 Å². The third-order valence-corrected chi connectivity index (χ3v) is 3.36. The minimum absolute atomic E-state index is 0.683. The van der Waals surface area contributed by atoms with Crippen LogP contribution >= 0.6 is 0 Å². The summed E-state index contributed by atoms with van der Waals surface area (Å²) >= 11 is 0. The normalized spacial score (nSPS) is 11.2. The Kier molecular flexibility index (Phi) is 4.13. The zero-order valence-corrected chi connectivity index (χ0v) is 10.8. The zero-order valence-electron chi connectivity index (χ0n) is 10.8. The predicted molar refractivity (Wildman–Crippen MR) is 74.3 cm³/mol. The highest BCUT2D eigenvalue weighted by atomic mass is 14.6. The average Bonchev–Trinajstić information content (AvgIpc) is 2.38. The number of para-hydroxylation sites is 1. The van der Waals surface area contributed by atoms with Gasteiger partial charge in [-0.1, -0.05) is 44.9 Å². The van der Waals surface area contributed by atoms with Crippen molar-refractivity contribution < 1.29 is 0 Å². The lowest BCUT2D eigenvalue weighted by Gasteiger charge is -2.15. The van der Waals surface area contributed by atoms with Gasteiger partial charge >= 0.3 is 0 Å². The molecule has 2 rings (SSSR count). The third-order valence-electron chi connectivity index (χ3n) is 3.36. The molecule has 90 valence electrons. The number of fused-ring (bicyclic) bond motifs is 1. The van der Waals surface area contributed by atoms with Crippen LogP contribution in [0.3, 0.4) is 0 Å². The predicted octanol–water partition coefficient (Wildman–Crippen LogP) is 4.92. The summed E-state index contributed by atoms with van der Waals surface area (Å²) in [5.41, 5.74) is 2.51. The van der Waals surface area contributed by atoms with Crippen molar-refractivity contribution >= 4 is 10.9 Å². The summed E-state index contributed by atoms with van der Waals surface area (Å²) in [5.74, 6) is 0.683. The van der Waals surface area contributed by atoms with Gasteiger partial charge in [0.25, 0.3) is 0 Å². The van der Waals surface area contributed by atoms with Gasteiger partial charge in [-0.15, -0.1) is 0 Å². The number of benzene rings is 1. The Balaban J connectivity index is 2.32. The van der Waals surface area contributed by atoms with Crippen molar-refractivity contribution in [3.05, 3.63) is 42.1 Å². The fraction of sp³-hybridized carbons (Fsp3) is 0.438. The lowest BCUT2D eigenvalue weighted by atomic mass is 9.91. The van der Waals surface area contributed by atoms with Crippen molar-refractivity contribution in [1.82, 2.24) is 4.98 Å². The van der Waals surface area contributed by atoms with Gasteiger partial charge in [0.1, 0.15) is 0 Å². The number of aromatic nitrogens is 1. The van der Waals surface area contributed by atoms with Gasteiger partial charge < -0.3 is 0 Å². The Labute approximate surface area is 104 Å². The molecule has 1 heteroatoms. The van der Waals surface area contributed by atoms with Crippen molar-refractivity contribution in [1.29, 1.82) is 0 Å². The van der Waals surface area contributed by atoms with Gasteiger partial charge in [-0.3, -0.25) is 4.98 Å². The summed E-state index contributed by atoms with van der Waals surface area (Å²) in [7, 11) is 0. The van der Waals surface area contributed by atoms with Crippen LogP contribution in [0.4, 0.5) is 0 Å². The summed E-state index contributed by atoms with van der Waals surface area (Å²) in [5, 5.41) is 1.27. The molecule has 1 nitrogen and oxygen atoms in total. The number of pyridine rings is 1. The van der Waals surface area contributed by atoms with Crippen LogP contribution in [-0.4, -0.2) is 4.98 Å². The first kappa shape index (κ1) is 12.1. The van der Waals surface area contributed by atoms with Crippen LogP contribution in [0.15, 0.2) is 36.5 Å². The molecule has 0 unspecified atom stereocenters. The van der Waals surface area contributed by atoms with Crippen molar-refractivity contribution in [3.63, 3.8) is 0 Å². The van der Waals surface area contributed by atoms with Crippen LogP contribution in [0, 0.1) is 0 Å². The fourth-order valence-corrected chi connectivity index (χ4v) is 2.49. The van der Waals surface area contributed by atoms with E-state index < -0.39 is 0 Å². The van der Waals surface area contributed by atoms with Crippen LogP contribution in [0.5, 0.6) is 0 Å². The van der Waals surface area contributed by atoms with Crippen molar-refractivity contribution in [2.45, 2.75) is 45.4 Å². The van der Waals surface area contributed by atoms with Crippen molar-refractivity contribution in [2.24, 2.45) is 0 Å². The second kappa shape index (κ2) is 5.81. The van der Waals surface area contributed by atoms with Gasteiger partial charge in [0, 0.05) is 11.6 Å². The lowest BCUT2D eigenvalue weighted by Crippen LogP contribution is -1.99. The van der Waals surface area contributed by atoms with Gasteiger partial charge in [-0.05, 0) is 36.5 Å². The first-order chi connectivity index (χ1) is 8.35. The maximum atomic E-state index is 4.57. The molecule has 1 aromatic heterocycles. The topological polar surface area (TPSA) is 12.9 Å². The van der Waals surface area contributed by atoms with Gasteiger partial charge in [0.15, 0.2) is 0 Å². The van der Waals surface area contributed by atoms with Crippen molar-refractivity contribution in [3.8, 4) is 0 Å². The Morgan fingerprint density at radius 3 is 2.47 bits per heavy atom. The molecule has 0 atom stereocenters. The first-order valence-corrected chi connectivity index (χ1v) is 6.69. The first-order valence-electron chi connectivity index (χ1n) is 6.69. The molecule has 1 aromatic carbocycles. The van der Waals surface area contributed by atoms with Crippen molar-refractivity contribution in [2.75, 3.05) is 0 Å². The minimum Gasteiger partial charge on any atom is -0.256 e. The highest BCUT2D eigenvalue weighted by molar-refractivity contribution is 5.78. The number of hydrogen-bond acceptors (Lipinski definition) is 1. The molecule has 2 aromatic rings. The van der Waals surface area contributed by atoms with E-state index in [4.69, 9.17) is 0 Å². The van der Waals surface area contributed by atoms with Crippen LogP contribution < -0.4 is 0 Å². The Bertz CT molecular complexity index is 470. The molecule has 0 saturated heterocycles. The lowest BCUT2D eigenvalue weighted by molar-refractivity contribution is 0.560. The SMILES string of the molecule is CCCC(CCC)c1cnc2ccccc2c1. The van der Waals surface area contributed by atoms with E-state index in [2.05, 4.69) is 49.3 Å². The molecule has 0 bridgehead atoms. The van der Waals surface area contributed by atoms with E-state index >= 15 is 0 Å². The molecule has 0 radical (unpaired) electrons. The molecule has 1 heterocycles. The fourth-order valence-electron chi connectivity index (χ4n) is 2.49. The van der Waals surface area contributed by atoms with Gasteiger partial charge in [-0.2, -0.15) is 0 Å². The summed E-state index contributed by atoms with van der Waals surface area (Å²) in [4.78, 5) is 4.57. The summed E-state index contributed by atoms with van der Waals surface area (Å²) < 4.78 is 0. The van der Waals surface area contributed by atoms with Crippen LogP contribution in [0.25, 0.3) is 10.9 Å². The molecule has 0 spiro atoms. The molecule has 0 amide bonds. The maximum Gasteiger partial charge on any atom is 0.0702 e. The van der Waals surface area contributed by atoms with Gasteiger partial charge in [0.05, 0.1) is 5.52 Å². The minimum atomic E-state index is 0.683. The molecule has 0 fully saturated rings. The second-order valence-corrected chi connectivity index (χ2v) is 4.74. The van der Waals surface area contributed by atoms with E-state index in [1.165, 1.54) is 36.6 Å². The monoisotopic (exact) mass is 227 g/mol. The molecule has 0 saturated carbocycles. The molecule has 0 aliphatic rings. The van der Waals surface area contributed by atoms with Gasteiger partial charge in [0.2, 0.25) is 0 Å². The molecule has 0 N–H and O–H groups in total. The van der Waals surface area contributed by atoms with Gasteiger partial charge in [-0.25, -0.2) is 0 Å². The quantitative estimate of drug-likeness (QED) is 0.706. The summed E-state index contributed by atoms with van der Waals surface area (Å²) in [6.07, 6.45) is 7.11. The van der Waals surface area contributed by atoms with E-state index in [-0.39, 0.29) is 0 Å². The standard InChI is InChI=1S/C16H21N/c1-3-7-13(8-4-2)15-11-14-9-5-6-10-16(14)17-12-15/h5-6,9-13H,3-4,7-8H2,1-2H3. The van der Waals surface area contributed by atoms with E-state index in [9.17, 15) is 0 Å². The summed E-state index contributed by atoms with van der Waals surface area (Å²) in [6.45, 7) is 4.52. The highest BCUT2D eigenvalue weighted by Gasteiger charge is 2.10. The average molecular weight is 227 g/mol. The highest BCUT2D eigenvalue weighted by Crippen LogP contribution is 2.27. The Morgan fingerprint density at radius 2 is 1.76 bits per heavy atom. The van der Waals surface area contributed by atoms with Crippen LogP contribution in [-0.2, 0) is 0 Å². The largest absolute Gasteiger partial charge is 0.256 e. The molecule has 17 heavy (non-hydrogen) atoms. The second-order valence-electron chi connectivity index (χ2n) is 4.74.